The lowest BCUT2D eigenvalue weighted by Gasteiger charge is -2.26. The Balaban J connectivity index is 2.96. The van der Waals surface area contributed by atoms with E-state index in [9.17, 15) is 0 Å². The summed E-state index contributed by atoms with van der Waals surface area (Å²) in [6.07, 6.45) is 1.71. The van der Waals surface area contributed by atoms with Gasteiger partial charge in [0.25, 0.3) is 0 Å². The second-order valence-electron chi connectivity index (χ2n) is 5.30. The van der Waals surface area contributed by atoms with Crippen LogP contribution < -0.4 is 10.6 Å². The highest BCUT2D eigenvalue weighted by molar-refractivity contribution is 7.80. The number of nitrogens with two attached hydrogens (primary N) is 1. The average Bonchev–Trinajstić information content (AvgIpc) is 2.27. The van der Waals surface area contributed by atoms with Gasteiger partial charge in [-0.2, -0.15) is 0 Å². The van der Waals surface area contributed by atoms with E-state index in [4.69, 9.17) is 18.0 Å². The Kier molecular flexibility index (Phi) is 5.47. The number of anilines is 1. The van der Waals surface area contributed by atoms with Crippen molar-refractivity contribution in [1.29, 1.82) is 0 Å². The molecular weight excluding hydrogens is 244 g/mol. The molecule has 0 bridgehead atoms. The maximum atomic E-state index is 5.61. The second-order valence-corrected chi connectivity index (χ2v) is 5.74. The van der Waals surface area contributed by atoms with E-state index in [1.807, 2.05) is 0 Å². The molecule has 0 unspecified atom stereocenters. The Labute approximate surface area is 115 Å². The molecule has 18 heavy (non-hydrogen) atoms. The van der Waals surface area contributed by atoms with Crippen molar-refractivity contribution in [2.24, 2.45) is 17.6 Å². The molecule has 5 heteroatoms. The van der Waals surface area contributed by atoms with Crippen LogP contribution in [0.1, 0.15) is 33.4 Å². The van der Waals surface area contributed by atoms with Gasteiger partial charge in [0.2, 0.25) is 5.95 Å². The van der Waals surface area contributed by atoms with Crippen molar-refractivity contribution in [3.05, 3.63) is 18.0 Å². The molecule has 0 aromatic carbocycles. The van der Waals surface area contributed by atoms with Crippen LogP contribution in [-0.2, 0) is 0 Å². The largest absolute Gasteiger partial charge is 0.388 e. The summed E-state index contributed by atoms with van der Waals surface area (Å²) in [5.41, 5.74) is 6.24. The zero-order valence-electron chi connectivity index (χ0n) is 11.6. The predicted octanol–water partition coefficient (Wildman–Crippen LogP) is 2.23. The van der Waals surface area contributed by atoms with E-state index in [2.05, 4.69) is 42.6 Å². The quantitative estimate of drug-likeness (QED) is 0.800. The van der Waals surface area contributed by atoms with E-state index in [1.54, 1.807) is 12.3 Å². The van der Waals surface area contributed by atoms with E-state index in [-0.39, 0.29) is 0 Å². The summed E-state index contributed by atoms with van der Waals surface area (Å²) < 4.78 is 0. The molecule has 100 valence electrons. The molecule has 4 nitrogen and oxygen atoms in total. The van der Waals surface area contributed by atoms with Gasteiger partial charge in [-0.25, -0.2) is 9.97 Å². The fourth-order valence-corrected chi connectivity index (χ4v) is 1.87. The SMILES string of the molecule is CC(C)CN(CC(C)C)c1nccc(C(N)=S)n1. The van der Waals surface area contributed by atoms with Crippen LogP contribution in [0.15, 0.2) is 12.3 Å². The molecule has 0 radical (unpaired) electrons. The fraction of sp³-hybridized carbons (Fsp3) is 0.615. The topological polar surface area (TPSA) is 55.0 Å². The molecule has 1 aromatic heterocycles. The number of rotatable bonds is 6. The summed E-state index contributed by atoms with van der Waals surface area (Å²) in [6, 6.07) is 1.74. The monoisotopic (exact) mass is 266 g/mol. The third-order valence-corrected chi connectivity index (χ3v) is 2.56. The van der Waals surface area contributed by atoms with Crippen molar-refractivity contribution < 1.29 is 0 Å². The Morgan fingerprint density at radius 2 is 1.83 bits per heavy atom. The van der Waals surface area contributed by atoms with Gasteiger partial charge in [-0.3, -0.25) is 0 Å². The molecule has 0 fully saturated rings. The first-order valence-corrected chi connectivity index (χ1v) is 6.68. The summed E-state index contributed by atoms with van der Waals surface area (Å²) >= 11 is 4.95. The molecular formula is C13H22N4S. The van der Waals surface area contributed by atoms with Gasteiger partial charge in [-0.1, -0.05) is 39.9 Å². The first-order valence-electron chi connectivity index (χ1n) is 6.28. The normalized spacial score (nSPS) is 11.0. The van der Waals surface area contributed by atoms with Crippen molar-refractivity contribution in [2.45, 2.75) is 27.7 Å². The van der Waals surface area contributed by atoms with Crippen molar-refractivity contribution >= 4 is 23.2 Å². The summed E-state index contributed by atoms with van der Waals surface area (Å²) in [5.74, 6) is 1.82. The number of hydrogen-bond acceptors (Lipinski definition) is 4. The van der Waals surface area contributed by atoms with Crippen LogP contribution in [0.5, 0.6) is 0 Å². The molecule has 1 rings (SSSR count). The minimum atomic E-state index is 0.313. The molecule has 0 aliphatic heterocycles. The van der Waals surface area contributed by atoms with Crippen LogP contribution in [0, 0.1) is 11.8 Å². The van der Waals surface area contributed by atoms with E-state index >= 15 is 0 Å². The molecule has 1 aromatic rings. The maximum absolute atomic E-state index is 5.61. The van der Waals surface area contributed by atoms with E-state index in [0.717, 1.165) is 13.1 Å². The number of aromatic nitrogens is 2. The van der Waals surface area contributed by atoms with Crippen molar-refractivity contribution in [2.75, 3.05) is 18.0 Å². The molecule has 0 spiro atoms. The Hall–Kier alpha value is -1.23. The summed E-state index contributed by atoms with van der Waals surface area (Å²) in [7, 11) is 0. The van der Waals surface area contributed by atoms with Gasteiger partial charge >= 0.3 is 0 Å². The molecule has 0 atom stereocenters. The highest BCUT2D eigenvalue weighted by Crippen LogP contribution is 2.12. The van der Waals surface area contributed by atoms with E-state index < -0.39 is 0 Å². The molecule has 0 amide bonds. The van der Waals surface area contributed by atoms with Crippen molar-refractivity contribution in [1.82, 2.24) is 9.97 Å². The summed E-state index contributed by atoms with van der Waals surface area (Å²) in [6.45, 7) is 10.6. The molecule has 0 saturated carbocycles. The van der Waals surface area contributed by atoms with Crippen LogP contribution in [0.25, 0.3) is 0 Å². The van der Waals surface area contributed by atoms with Crippen LogP contribution in [-0.4, -0.2) is 28.0 Å². The summed E-state index contributed by atoms with van der Waals surface area (Å²) in [5, 5.41) is 0. The molecule has 0 aliphatic carbocycles. The van der Waals surface area contributed by atoms with Gasteiger partial charge in [-0.15, -0.1) is 0 Å². The maximum Gasteiger partial charge on any atom is 0.225 e. The second kappa shape index (κ2) is 6.64. The first-order chi connectivity index (χ1) is 8.40. The zero-order chi connectivity index (χ0) is 13.7. The van der Waals surface area contributed by atoms with Gasteiger partial charge in [-0.05, 0) is 17.9 Å². The van der Waals surface area contributed by atoms with Gasteiger partial charge in [0, 0.05) is 19.3 Å². The predicted molar refractivity (Wildman–Crippen MR) is 79.8 cm³/mol. The standard InChI is InChI=1S/C13H22N4S/c1-9(2)7-17(8-10(3)4)13-15-6-5-11(16-13)12(14)18/h5-6,9-10H,7-8H2,1-4H3,(H2,14,18). The third kappa shape index (κ3) is 4.56. The van der Waals surface area contributed by atoms with Gasteiger partial charge < -0.3 is 10.6 Å². The van der Waals surface area contributed by atoms with E-state index in [0.29, 0.717) is 28.5 Å². The smallest absolute Gasteiger partial charge is 0.225 e. The third-order valence-electron chi connectivity index (χ3n) is 2.35. The molecule has 0 aliphatic rings. The Morgan fingerprint density at radius 3 is 2.28 bits per heavy atom. The minimum absolute atomic E-state index is 0.313. The molecule has 0 saturated heterocycles. The van der Waals surface area contributed by atoms with Crippen LogP contribution in [0.2, 0.25) is 0 Å². The van der Waals surface area contributed by atoms with Crippen LogP contribution in [0.4, 0.5) is 5.95 Å². The van der Waals surface area contributed by atoms with Crippen LogP contribution >= 0.6 is 12.2 Å². The fourth-order valence-electron chi connectivity index (χ4n) is 1.76. The summed E-state index contributed by atoms with van der Waals surface area (Å²) in [4.78, 5) is 11.3. The number of thiocarbonyl (C=S) groups is 1. The average molecular weight is 266 g/mol. The highest BCUT2D eigenvalue weighted by Gasteiger charge is 2.14. The number of nitrogens with zero attached hydrogens (tertiary/aromatic N) is 3. The van der Waals surface area contributed by atoms with Crippen LogP contribution in [0.3, 0.4) is 0 Å². The first kappa shape index (κ1) is 14.8. The lowest BCUT2D eigenvalue weighted by atomic mass is 10.1. The van der Waals surface area contributed by atoms with Gasteiger partial charge in [0.1, 0.15) is 10.7 Å². The zero-order valence-corrected chi connectivity index (χ0v) is 12.4. The Bertz CT molecular complexity index is 394. The Morgan fingerprint density at radius 1 is 1.28 bits per heavy atom. The van der Waals surface area contributed by atoms with Crippen molar-refractivity contribution in [3.63, 3.8) is 0 Å². The molecule has 2 N–H and O–H groups in total. The van der Waals surface area contributed by atoms with Crippen molar-refractivity contribution in [3.8, 4) is 0 Å². The lowest BCUT2D eigenvalue weighted by Crippen LogP contribution is -2.33. The highest BCUT2D eigenvalue weighted by atomic mass is 32.1. The number of hydrogen-bond donors (Lipinski definition) is 1. The minimum Gasteiger partial charge on any atom is -0.388 e. The lowest BCUT2D eigenvalue weighted by molar-refractivity contribution is 0.544. The molecule has 1 heterocycles. The van der Waals surface area contributed by atoms with E-state index in [1.165, 1.54) is 0 Å². The van der Waals surface area contributed by atoms with Gasteiger partial charge in [0.05, 0.1) is 0 Å². The van der Waals surface area contributed by atoms with Gasteiger partial charge in [0.15, 0.2) is 0 Å².